The molecule has 0 radical (unpaired) electrons. The highest BCUT2D eigenvalue weighted by Gasteiger charge is 2.53. The minimum atomic E-state index is -1.47. The highest BCUT2D eigenvalue weighted by molar-refractivity contribution is 9.10. The second-order valence-electron chi connectivity index (χ2n) is 9.92. The molecule has 5 rings (SSSR count). The Morgan fingerprint density at radius 2 is 1.74 bits per heavy atom. The molecular weight excluding hydrogens is 606 g/mol. The van der Waals surface area contributed by atoms with Crippen molar-refractivity contribution in [3.63, 3.8) is 0 Å². The van der Waals surface area contributed by atoms with Crippen LogP contribution in [0.3, 0.4) is 0 Å². The summed E-state index contributed by atoms with van der Waals surface area (Å²) in [6, 6.07) is 27.2. The molecule has 0 aromatic heterocycles. The lowest BCUT2D eigenvalue weighted by atomic mass is 9.82. The van der Waals surface area contributed by atoms with Crippen LogP contribution >= 0.6 is 15.9 Å². The molecule has 42 heavy (non-hydrogen) atoms. The number of carbonyl (C=O) groups is 1. The van der Waals surface area contributed by atoms with Gasteiger partial charge in [0.15, 0.2) is 11.6 Å². The van der Waals surface area contributed by atoms with Crippen LogP contribution in [-0.2, 0) is 22.5 Å². The second-order valence-corrected chi connectivity index (χ2v) is 10.8. The standard InChI is InChI=1S/C33H29BrF2N2O4/c34-26-11-7-22(8-12-26)20-33(32(40)37-21-25-19-27(35)13-16-29(25)36)30(23-5-2-1-3-6-23)42-31(38-33)24-9-14-28(15-10-24)41-18-4-17-39/h1-3,5-16,19,30,39H,4,17-18,20-21H2,(H,37,40)/t30-,33-/m1/s1. The largest absolute Gasteiger partial charge is 0.494 e. The molecule has 0 unspecified atom stereocenters. The van der Waals surface area contributed by atoms with Gasteiger partial charge in [-0.1, -0.05) is 58.4 Å². The fourth-order valence-electron chi connectivity index (χ4n) is 4.83. The summed E-state index contributed by atoms with van der Waals surface area (Å²) in [5.41, 5.74) is 0.784. The first-order chi connectivity index (χ1) is 20.4. The van der Waals surface area contributed by atoms with Gasteiger partial charge in [0.05, 0.1) is 6.61 Å². The smallest absolute Gasteiger partial charge is 0.252 e. The Kier molecular flexibility index (Phi) is 9.29. The Balaban J connectivity index is 1.54. The van der Waals surface area contributed by atoms with Crippen molar-refractivity contribution in [1.82, 2.24) is 5.32 Å². The summed E-state index contributed by atoms with van der Waals surface area (Å²) in [6.45, 7) is 0.195. The third-order valence-electron chi connectivity index (χ3n) is 6.97. The lowest BCUT2D eigenvalue weighted by Gasteiger charge is -2.31. The van der Waals surface area contributed by atoms with Crippen LogP contribution in [0.25, 0.3) is 0 Å². The fraction of sp³-hybridized carbons (Fsp3) is 0.212. The summed E-state index contributed by atoms with van der Waals surface area (Å²) in [4.78, 5) is 19.2. The fourth-order valence-corrected chi connectivity index (χ4v) is 5.10. The van der Waals surface area contributed by atoms with Gasteiger partial charge in [-0.3, -0.25) is 4.79 Å². The molecule has 0 spiro atoms. The van der Waals surface area contributed by atoms with Gasteiger partial charge in [0, 0.05) is 41.6 Å². The monoisotopic (exact) mass is 634 g/mol. The van der Waals surface area contributed by atoms with E-state index in [4.69, 9.17) is 19.6 Å². The number of halogens is 3. The summed E-state index contributed by atoms with van der Waals surface area (Å²) >= 11 is 3.46. The molecule has 9 heteroatoms. The molecule has 1 amide bonds. The highest BCUT2D eigenvalue weighted by atomic mass is 79.9. The number of aliphatic hydroxyl groups is 1. The molecule has 216 valence electrons. The Labute approximate surface area is 251 Å². The number of aliphatic imine (C=N–C) groups is 1. The highest BCUT2D eigenvalue weighted by Crippen LogP contribution is 2.42. The third-order valence-corrected chi connectivity index (χ3v) is 7.49. The van der Waals surface area contributed by atoms with Crippen LogP contribution in [0.2, 0.25) is 0 Å². The maximum absolute atomic E-state index is 14.4. The van der Waals surface area contributed by atoms with Crippen LogP contribution in [-0.4, -0.2) is 35.7 Å². The average Bonchev–Trinajstić information content (AvgIpc) is 3.40. The van der Waals surface area contributed by atoms with Gasteiger partial charge in [0.1, 0.15) is 17.4 Å². The molecule has 0 saturated heterocycles. The van der Waals surface area contributed by atoms with Crippen LogP contribution in [0, 0.1) is 11.6 Å². The van der Waals surface area contributed by atoms with E-state index in [-0.39, 0.29) is 31.0 Å². The zero-order chi connectivity index (χ0) is 29.5. The minimum Gasteiger partial charge on any atom is -0.494 e. The quantitative estimate of drug-likeness (QED) is 0.190. The van der Waals surface area contributed by atoms with Crippen molar-refractivity contribution in [2.75, 3.05) is 13.2 Å². The number of hydrogen-bond donors (Lipinski definition) is 2. The van der Waals surface area contributed by atoms with Crippen molar-refractivity contribution in [2.45, 2.75) is 31.0 Å². The van der Waals surface area contributed by atoms with Gasteiger partial charge in [0.25, 0.3) is 5.91 Å². The molecule has 0 fully saturated rings. The lowest BCUT2D eigenvalue weighted by molar-refractivity contribution is -0.129. The minimum absolute atomic E-state index is 0.0262. The predicted octanol–water partition coefficient (Wildman–Crippen LogP) is 6.30. The van der Waals surface area contributed by atoms with E-state index in [1.54, 1.807) is 24.3 Å². The molecule has 1 heterocycles. The SMILES string of the molecule is O=C(NCc1cc(F)ccc1F)[C@]1(Cc2ccc(Br)cc2)N=C(c2ccc(OCCCO)cc2)O[C@@H]1c1ccccc1. The van der Waals surface area contributed by atoms with E-state index in [9.17, 15) is 13.6 Å². The van der Waals surface area contributed by atoms with Crippen molar-refractivity contribution < 1.29 is 28.2 Å². The average molecular weight is 636 g/mol. The molecule has 1 aliphatic rings. The number of aliphatic hydroxyl groups excluding tert-OH is 1. The molecule has 4 aromatic rings. The van der Waals surface area contributed by atoms with Crippen LogP contribution < -0.4 is 10.1 Å². The van der Waals surface area contributed by atoms with Crippen LogP contribution in [0.5, 0.6) is 5.75 Å². The summed E-state index contributed by atoms with van der Waals surface area (Å²) in [5, 5.41) is 11.8. The first-order valence-corrected chi connectivity index (χ1v) is 14.3. The number of rotatable bonds is 11. The summed E-state index contributed by atoms with van der Waals surface area (Å²) in [5.74, 6) is -0.801. The van der Waals surface area contributed by atoms with E-state index in [0.717, 1.165) is 33.8 Å². The van der Waals surface area contributed by atoms with Gasteiger partial charge < -0.3 is 19.9 Å². The van der Waals surface area contributed by atoms with Crippen molar-refractivity contribution >= 4 is 27.7 Å². The van der Waals surface area contributed by atoms with E-state index in [0.29, 0.717) is 24.3 Å². The zero-order valence-corrected chi connectivity index (χ0v) is 24.2. The molecule has 0 bridgehead atoms. The van der Waals surface area contributed by atoms with Crippen molar-refractivity contribution in [3.05, 3.63) is 135 Å². The number of benzene rings is 4. The van der Waals surface area contributed by atoms with Gasteiger partial charge in [-0.05, 0) is 65.7 Å². The topological polar surface area (TPSA) is 80.2 Å². The van der Waals surface area contributed by atoms with Gasteiger partial charge in [-0.25, -0.2) is 13.8 Å². The van der Waals surface area contributed by atoms with E-state index >= 15 is 0 Å². The molecule has 4 aromatic carbocycles. The van der Waals surface area contributed by atoms with Crippen LogP contribution in [0.4, 0.5) is 8.78 Å². The van der Waals surface area contributed by atoms with Crippen LogP contribution in [0.1, 0.15) is 34.8 Å². The van der Waals surface area contributed by atoms with E-state index in [1.165, 1.54) is 0 Å². The van der Waals surface area contributed by atoms with E-state index in [1.807, 2.05) is 54.6 Å². The zero-order valence-electron chi connectivity index (χ0n) is 22.6. The van der Waals surface area contributed by atoms with Gasteiger partial charge in [-0.15, -0.1) is 0 Å². The molecule has 0 aliphatic carbocycles. The van der Waals surface area contributed by atoms with Crippen molar-refractivity contribution in [2.24, 2.45) is 4.99 Å². The number of amides is 1. The van der Waals surface area contributed by atoms with Crippen LogP contribution in [0.15, 0.2) is 107 Å². The molecule has 2 atom stereocenters. The van der Waals surface area contributed by atoms with Crippen molar-refractivity contribution in [1.29, 1.82) is 0 Å². The first kappa shape index (κ1) is 29.4. The van der Waals surface area contributed by atoms with Gasteiger partial charge in [0.2, 0.25) is 5.90 Å². The van der Waals surface area contributed by atoms with E-state index in [2.05, 4.69) is 21.2 Å². The normalized spacial score (nSPS) is 17.8. The Morgan fingerprint density at radius 3 is 2.45 bits per heavy atom. The Bertz CT molecular complexity index is 1550. The summed E-state index contributed by atoms with van der Waals surface area (Å²) in [6.07, 6.45) is -0.109. The van der Waals surface area contributed by atoms with Crippen molar-refractivity contribution in [3.8, 4) is 5.75 Å². The molecule has 6 nitrogen and oxygen atoms in total. The number of nitrogens with one attached hydrogen (secondary N) is 1. The Morgan fingerprint density at radius 1 is 1.00 bits per heavy atom. The van der Waals surface area contributed by atoms with E-state index < -0.39 is 29.2 Å². The first-order valence-electron chi connectivity index (χ1n) is 13.5. The molecular formula is C33H29BrF2N2O4. The Hall–Kier alpha value is -4.08. The number of carbonyl (C=O) groups excluding carboxylic acids is 1. The maximum Gasteiger partial charge on any atom is 0.252 e. The number of ether oxygens (including phenoxy) is 2. The molecule has 2 N–H and O–H groups in total. The second kappa shape index (κ2) is 13.3. The predicted molar refractivity (Wildman–Crippen MR) is 159 cm³/mol. The lowest BCUT2D eigenvalue weighted by Crippen LogP contribution is -2.49. The maximum atomic E-state index is 14.4. The number of nitrogens with zero attached hydrogens (tertiary/aromatic N) is 1. The third kappa shape index (κ3) is 6.69. The van der Waals surface area contributed by atoms with Gasteiger partial charge >= 0.3 is 0 Å². The summed E-state index contributed by atoms with van der Waals surface area (Å²) < 4.78 is 41.3. The molecule has 1 aliphatic heterocycles. The number of hydrogen-bond acceptors (Lipinski definition) is 5. The molecule has 0 saturated carbocycles. The van der Waals surface area contributed by atoms with Gasteiger partial charge in [-0.2, -0.15) is 0 Å². The summed E-state index contributed by atoms with van der Waals surface area (Å²) in [7, 11) is 0.